The van der Waals surface area contributed by atoms with E-state index in [1.807, 2.05) is 12.1 Å². The van der Waals surface area contributed by atoms with Gasteiger partial charge in [0.1, 0.15) is 5.82 Å². The Hall–Kier alpha value is -1.88. The molecule has 1 aliphatic heterocycles. The maximum atomic E-state index is 6.03. The van der Waals surface area contributed by atoms with Gasteiger partial charge in [-0.15, -0.1) is 0 Å². The molecule has 25 heavy (non-hydrogen) atoms. The largest absolute Gasteiger partial charge is 0.322 e. The van der Waals surface area contributed by atoms with Crippen molar-refractivity contribution in [3.8, 4) is 0 Å². The Kier molecular flexibility index (Phi) is 4.75. The van der Waals surface area contributed by atoms with Gasteiger partial charge in [-0.25, -0.2) is 4.98 Å². The van der Waals surface area contributed by atoms with E-state index in [4.69, 9.17) is 16.6 Å². The molecule has 0 atom stereocenters. The molecular formula is C20H23ClN4. The first-order chi connectivity index (χ1) is 12.2. The van der Waals surface area contributed by atoms with Gasteiger partial charge < -0.3 is 9.47 Å². The zero-order valence-corrected chi connectivity index (χ0v) is 15.3. The molecule has 4 nitrogen and oxygen atoms in total. The van der Waals surface area contributed by atoms with Gasteiger partial charge in [0.15, 0.2) is 0 Å². The molecule has 1 aromatic heterocycles. The fourth-order valence-corrected chi connectivity index (χ4v) is 3.53. The molecule has 5 heteroatoms. The van der Waals surface area contributed by atoms with E-state index < -0.39 is 0 Å². The van der Waals surface area contributed by atoms with E-state index >= 15 is 0 Å². The van der Waals surface area contributed by atoms with Crippen molar-refractivity contribution in [2.24, 2.45) is 0 Å². The number of fused-ring (bicyclic) bond motifs is 1. The Morgan fingerprint density at radius 1 is 0.920 bits per heavy atom. The van der Waals surface area contributed by atoms with Crippen molar-refractivity contribution in [3.63, 3.8) is 0 Å². The van der Waals surface area contributed by atoms with Crippen LogP contribution in [0.2, 0.25) is 5.02 Å². The Morgan fingerprint density at radius 3 is 2.40 bits per heavy atom. The zero-order valence-electron chi connectivity index (χ0n) is 14.5. The molecule has 0 unspecified atom stereocenters. The van der Waals surface area contributed by atoms with Gasteiger partial charge in [0.2, 0.25) is 0 Å². The van der Waals surface area contributed by atoms with Crippen molar-refractivity contribution in [1.82, 2.24) is 19.4 Å². The van der Waals surface area contributed by atoms with Crippen LogP contribution in [0, 0.1) is 0 Å². The summed E-state index contributed by atoms with van der Waals surface area (Å²) in [5, 5.41) is 0.775. The molecule has 2 aromatic carbocycles. The van der Waals surface area contributed by atoms with E-state index in [-0.39, 0.29) is 0 Å². The first-order valence-electron chi connectivity index (χ1n) is 8.78. The summed E-state index contributed by atoms with van der Waals surface area (Å²) in [5.41, 5.74) is 3.51. The number of hydrogen-bond acceptors (Lipinski definition) is 3. The summed E-state index contributed by atoms with van der Waals surface area (Å²) in [7, 11) is 2.19. The Labute approximate surface area is 153 Å². The summed E-state index contributed by atoms with van der Waals surface area (Å²) in [6, 6.07) is 16.5. The van der Waals surface area contributed by atoms with Crippen LogP contribution >= 0.6 is 11.6 Å². The van der Waals surface area contributed by atoms with Crippen LogP contribution in [0.15, 0.2) is 48.5 Å². The average Bonchev–Trinajstić information content (AvgIpc) is 2.96. The lowest BCUT2D eigenvalue weighted by atomic mass is 10.2. The van der Waals surface area contributed by atoms with Gasteiger partial charge in [0.25, 0.3) is 0 Å². The van der Waals surface area contributed by atoms with E-state index in [0.717, 1.165) is 55.6 Å². The number of likely N-dealkylation sites (N-methyl/N-ethyl adjacent to an activating group) is 1. The van der Waals surface area contributed by atoms with Crippen LogP contribution in [0.5, 0.6) is 0 Å². The Balaban J connectivity index is 1.64. The molecule has 2 heterocycles. The predicted octanol–water partition coefficient (Wildman–Crippen LogP) is 3.49. The van der Waals surface area contributed by atoms with E-state index in [0.29, 0.717) is 0 Å². The molecule has 1 fully saturated rings. The van der Waals surface area contributed by atoms with Crippen LogP contribution in [0.1, 0.15) is 11.4 Å². The first kappa shape index (κ1) is 16.6. The third kappa shape index (κ3) is 3.71. The van der Waals surface area contributed by atoms with E-state index in [2.05, 4.69) is 57.8 Å². The maximum absolute atomic E-state index is 6.03. The van der Waals surface area contributed by atoms with Crippen LogP contribution in [-0.2, 0) is 13.1 Å². The lowest BCUT2D eigenvalue weighted by Crippen LogP contribution is -2.44. The second-order valence-electron chi connectivity index (χ2n) is 6.81. The highest BCUT2D eigenvalue weighted by Gasteiger charge is 2.18. The SMILES string of the molecule is CN1CCN(Cc2nc3ccccc3n2Cc2ccc(Cl)cc2)CC1. The van der Waals surface area contributed by atoms with E-state index in [1.165, 1.54) is 11.1 Å². The van der Waals surface area contributed by atoms with Crippen LogP contribution in [0.4, 0.5) is 0 Å². The molecule has 0 bridgehead atoms. The molecule has 4 rings (SSSR count). The number of imidazole rings is 1. The third-order valence-electron chi connectivity index (χ3n) is 4.95. The smallest absolute Gasteiger partial charge is 0.124 e. The van der Waals surface area contributed by atoms with Crippen LogP contribution < -0.4 is 0 Å². The zero-order chi connectivity index (χ0) is 17.2. The highest BCUT2D eigenvalue weighted by atomic mass is 35.5. The fraction of sp³-hybridized carbons (Fsp3) is 0.350. The predicted molar refractivity (Wildman–Crippen MR) is 103 cm³/mol. The molecule has 3 aromatic rings. The Morgan fingerprint density at radius 2 is 1.64 bits per heavy atom. The van der Waals surface area contributed by atoms with Crippen LogP contribution in [-0.4, -0.2) is 52.6 Å². The number of nitrogens with zero attached hydrogens (tertiary/aromatic N) is 4. The van der Waals surface area contributed by atoms with Crippen molar-refractivity contribution in [3.05, 3.63) is 64.9 Å². The molecule has 0 aliphatic carbocycles. The monoisotopic (exact) mass is 354 g/mol. The lowest BCUT2D eigenvalue weighted by Gasteiger charge is -2.32. The number of rotatable bonds is 4. The molecule has 0 radical (unpaired) electrons. The van der Waals surface area contributed by atoms with Gasteiger partial charge in [0.05, 0.1) is 17.6 Å². The summed E-state index contributed by atoms with van der Waals surface area (Å²) in [5.74, 6) is 1.14. The van der Waals surface area contributed by atoms with Crippen molar-refractivity contribution < 1.29 is 0 Å². The minimum absolute atomic E-state index is 0.775. The maximum Gasteiger partial charge on any atom is 0.124 e. The number of piperazine rings is 1. The second kappa shape index (κ2) is 7.16. The van der Waals surface area contributed by atoms with Gasteiger partial charge in [-0.3, -0.25) is 4.90 Å². The van der Waals surface area contributed by atoms with E-state index in [9.17, 15) is 0 Å². The van der Waals surface area contributed by atoms with Crippen LogP contribution in [0.3, 0.4) is 0 Å². The topological polar surface area (TPSA) is 24.3 Å². The summed E-state index contributed by atoms with van der Waals surface area (Å²) >= 11 is 6.03. The molecule has 1 saturated heterocycles. The van der Waals surface area contributed by atoms with Gasteiger partial charge in [-0.2, -0.15) is 0 Å². The van der Waals surface area contributed by atoms with Gasteiger partial charge >= 0.3 is 0 Å². The number of para-hydroxylation sites is 2. The third-order valence-corrected chi connectivity index (χ3v) is 5.20. The summed E-state index contributed by atoms with van der Waals surface area (Å²) < 4.78 is 2.34. The molecular weight excluding hydrogens is 332 g/mol. The molecule has 0 saturated carbocycles. The van der Waals surface area contributed by atoms with E-state index in [1.54, 1.807) is 0 Å². The van der Waals surface area contributed by atoms with Gasteiger partial charge in [0, 0.05) is 37.7 Å². The van der Waals surface area contributed by atoms with Crippen molar-refractivity contribution in [1.29, 1.82) is 0 Å². The number of benzene rings is 2. The standard InChI is InChI=1S/C20H23ClN4/c1-23-10-12-24(13-11-23)15-20-22-18-4-2-3-5-19(18)25(20)14-16-6-8-17(21)9-7-16/h2-9H,10-15H2,1H3. The second-order valence-corrected chi connectivity index (χ2v) is 7.25. The molecule has 0 spiro atoms. The molecule has 130 valence electrons. The molecule has 0 amide bonds. The normalized spacial score (nSPS) is 16.6. The fourth-order valence-electron chi connectivity index (χ4n) is 3.40. The minimum Gasteiger partial charge on any atom is -0.322 e. The highest BCUT2D eigenvalue weighted by Crippen LogP contribution is 2.20. The quantitative estimate of drug-likeness (QED) is 0.717. The Bertz CT molecular complexity index is 848. The summed E-state index contributed by atoms with van der Waals surface area (Å²) in [4.78, 5) is 9.80. The average molecular weight is 355 g/mol. The van der Waals surface area contributed by atoms with Crippen molar-refractivity contribution >= 4 is 22.6 Å². The number of aromatic nitrogens is 2. The van der Waals surface area contributed by atoms with Gasteiger partial charge in [-0.05, 0) is 36.9 Å². The van der Waals surface area contributed by atoms with Crippen molar-refractivity contribution in [2.75, 3.05) is 33.2 Å². The summed E-state index contributed by atoms with van der Waals surface area (Å²) in [6.07, 6.45) is 0. The number of halogens is 1. The molecule has 1 aliphatic rings. The first-order valence-corrected chi connectivity index (χ1v) is 9.16. The summed E-state index contributed by atoms with van der Waals surface area (Å²) in [6.45, 7) is 6.16. The van der Waals surface area contributed by atoms with Gasteiger partial charge in [-0.1, -0.05) is 35.9 Å². The minimum atomic E-state index is 0.775. The van der Waals surface area contributed by atoms with Crippen LogP contribution in [0.25, 0.3) is 11.0 Å². The number of hydrogen-bond donors (Lipinski definition) is 0. The molecule has 0 N–H and O–H groups in total. The lowest BCUT2D eigenvalue weighted by molar-refractivity contribution is 0.144. The highest BCUT2D eigenvalue weighted by molar-refractivity contribution is 6.30. The van der Waals surface area contributed by atoms with Crippen molar-refractivity contribution in [2.45, 2.75) is 13.1 Å².